The molecule has 1 atom stereocenters. The molecule has 7 heteroatoms. The van der Waals surface area contributed by atoms with Crippen LogP contribution in [-0.4, -0.2) is 77.1 Å². The monoisotopic (exact) mass is 426 g/mol. The second kappa shape index (κ2) is 17.2. The maximum atomic E-state index is 12.2. The molecule has 0 fully saturated rings. The predicted molar refractivity (Wildman–Crippen MR) is 115 cm³/mol. The van der Waals surface area contributed by atoms with E-state index in [0.717, 1.165) is 12.0 Å². The summed E-state index contributed by atoms with van der Waals surface area (Å²) in [5.74, 6) is 0.0712. The van der Waals surface area contributed by atoms with Gasteiger partial charge >= 0.3 is 5.97 Å². The molecule has 0 spiro atoms. The summed E-state index contributed by atoms with van der Waals surface area (Å²) in [6.07, 6.45) is 1.04. The maximum Gasteiger partial charge on any atom is 0.313 e. The van der Waals surface area contributed by atoms with Crippen LogP contribution in [0, 0.1) is 5.92 Å². The zero-order valence-electron chi connectivity index (χ0n) is 18.6. The number of aliphatic hydroxyl groups excluding tert-OH is 1. The quantitative estimate of drug-likeness (QED) is 0.285. The molecule has 30 heavy (non-hydrogen) atoms. The van der Waals surface area contributed by atoms with Crippen molar-refractivity contribution in [3.8, 4) is 0 Å². The number of carbonyl (C=O) groups excluding carboxylic acids is 1. The summed E-state index contributed by atoms with van der Waals surface area (Å²) in [4.78, 5) is 12.2. The van der Waals surface area contributed by atoms with Gasteiger partial charge in [-0.3, -0.25) is 4.79 Å². The van der Waals surface area contributed by atoms with Gasteiger partial charge in [-0.15, -0.1) is 0 Å². The zero-order chi connectivity index (χ0) is 22.0. The minimum absolute atomic E-state index is 0.0215. The molecule has 0 aromatic heterocycles. The number of rotatable bonds is 18. The molecule has 172 valence electrons. The number of hydrogen-bond donors (Lipinski definition) is 1. The molecule has 0 saturated carbocycles. The van der Waals surface area contributed by atoms with E-state index in [1.807, 2.05) is 19.1 Å². The van der Waals surface area contributed by atoms with Crippen LogP contribution < -0.4 is 0 Å². The van der Waals surface area contributed by atoms with Gasteiger partial charge in [-0.25, -0.2) is 0 Å². The zero-order valence-corrected chi connectivity index (χ0v) is 18.6. The van der Waals surface area contributed by atoms with E-state index in [0.29, 0.717) is 58.8 Å². The van der Waals surface area contributed by atoms with Gasteiger partial charge in [-0.2, -0.15) is 0 Å². The first-order chi connectivity index (χ1) is 14.5. The molecular formula is C23H38O7. The summed E-state index contributed by atoms with van der Waals surface area (Å²) in [5.41, 5.74) is 2.24. The molecule has 0 aliphatic heterocycles. The Hall–Kier alpha value is -1.51. The molecule has 0 saturated heterocycles. The summed E-state index contributed by atoms with van der Waals surface area (Å²) in [6, 6.07) is 8.17. The van der Waals surface area contributed by atoms with Gasteiger partial charge in [0, 0.05) is 0 Å². The van der Waals surface area contributed by atoms with E-state index < -0.39 is 0 Å². The lowest BCUT2D eigenvalue weighted by atomic mass is 9.97. The third-order valence-electron chi connectivity index (χ3n) is 4.30. The first-order valence-corrected chi connectivity index (χ1v) is 10.7. The van der Waals surface area contributed by atoms with Gasteiger partial charge in [0.25, 0.3) is 0 Å². The lowest BCUT2D eigenvalue weighted by molar-refractivity contribution is -0.146. The van der Waals surface area contributed by atoms with Crippen LogP contribution in [0.3, 0.4) is 0 Å². The fourth-order valence-electron chi connectivity index (χ4n) is 2.70. The van der Waals surface area contributed by atoms with Crippen molar-refractivity contribution in [2.24, 2.45) is 5.92 Å². The number of esters is 1. The van der Waals surface area contributed by atoms with Crippen molar-refractivity contribution in [2.75, 3.05) is 66.1 Å². The highest BCUT2D eigenvalue weighted by Gasteiger charge is 2.16. The smallest absolute Gasteiger partial charge is 0.313 e. The second-order valence-electron chi connectivity index (χ2n) is 7.40. The van der Waals surface area contributed by atoms with Crippen LogP contribution in [-0.2, 0) is 34.9 Å². The fourth-order valence-corrected chi connectivity index (χ4v) is 2.70. The normalized spacial score (nSPS) is 12.3. The molecule has 1 aromatic rings. The van der Waals surface area contributed by atoms with Gasteiger partial charge in [0.05, 0.1) is 65.4 Å². The largest absolute Gasteiger partial charge is 0.463 e. The molecule has 0 unspecified atom stereocenters. The first kappa shape index (κ1) is 26.5. The second-order valence-corrected chi connectivity index (χ2v) is 7.40. The molecule has 1 rings (SSSR count). The Kier molecular flexibility index (Phi) is 15.2. The highest BCUT2D eigenvalue weighted by atomic mass is 16.6. The Balaban J connectivity index is 2.00. The highest BCUT2D eigenvalue weighted by Crippen LogP contribution is 2.18. The minimum atomic E-state index is -0.296. The lowest BCUT2D eigenvalue weighted by Crippen LogP contribution is -2.17. The van der Waals surface area contributed by atoms with Crippen LogP contribution in [0.4, 0.5) is 0 Å². The van der Waals surface area contributed by atoms with Gasteiger partial charge in [0.1, 0.15) is 6.61 Å². The van der Waals surface area contributed by atoms with Crippen LogP contribution in [0.15, 0.2) is 24.3 Å². The fraction of sp³-hybridized carbons (Fsp3) is 0.696. The molecule has 0 amide bonds. The Morgan fingerprint density at radius 2 is 1.23 bits per heavy atom. The molecule has 1 N–H and O–H groups in total. The number of benzene rings is 1. The van der Waals surface area contributed by atoms with Crippen molar-refractivity contribution in [2.45, 2.75) is 33.1 Å². The SMILES string of the molecule is CC(C)Cc1ccc([C@H](C)C(=O)OCCOCCOCCOCCOCCO)cc1. The van der Waals surface area contributed by atoms with Crippen LogP contribution in [0.1, 0.15) is 37.8 Å². The van der Waals surface area contributed by atoms with Gasteiger partial charge in [-0.05, 0) is 30.4 Å². The van der Waals surface area contributed by atoms with Crippen molar-refractivity contribution in [1.82, 2.24) is 0 Å². The molecule has 0 aliphatic carbocycles. The summed E-state index contributed by atoms with van der Waals surface area (Å²) >= 11 is 0. The molecule has 1 aromatic carbocycles. The van der Waals surface area contributed by atoms with E-state index in [4.69, 9.17) is 28.8 Å². The molecule has 0 heterocycles. The average molecular weight is 427 g/mol. The molecule has 0 aliphatic rings. The van der Waals surface area contributed by atoms with E-state index >= 15 is 0 Å². The standard InChI is InChI=1S/C23H38O7/c1-19(2)18-21-4-6-22(7-5-21)20(3)23(25)30-17-16-29-15-14-28-13-12-27-11-10-26-9-8-24/h4-7,19-20,24H,8-18H2,1-3H3/t20-/m0/s1. The summed E-state index contributed by atoms with van der Waals surface area (Å²) in [6.45, 7) is 9.95. The van der Waals surface area contributed by atoms with Crippen LogP contribution in [0.2, 0.25) is 0 Å². The van der Waals surface area contributed by atoms with E-state index in [1.165, 1.54) is 5.56 Å². The van der Waals surface area contributed by atoms with E-state index in [1.54, 1.807) is 0 Å². The van der Waals surface area contributed by atoms with Crippen molar-refractivity contribution in [3.63, 3.8) is 0 Å². The highest BCUT2D eigenvalue weighted by molar-refractivity contribution is 5.77. The molecular weight excluding hydrogens is 388 g/mol. The number of hydrogen-bond acceptors (Lipinski definition) is 7. The predicted octanol–water partition coefficient (Wildman–Crippen LogP) is 2.59. The Morgan fingerprint density at radius 1 is 0.767 bits per heavy atom. The number of carbonyl (C=O) groups is 1. The van der Waals surface area contributed by atoms with Crippen molar-refractivity contribution >= 4 is 5.97 Å². The van der Waals surface area contributed by atoms with Gasteiger partial charge in [0.15, 0.2) is 0 Å². The van der Waals surface area contributed by atoms with E-state index in [9.17, 15) is 4.79 Å². The van der Waals surface area contributed by atoms with Crippen LogP contribution in [0.25, 0.3) is 0 Å². The summed E-state index contributed by atoms with van der Waals surface area (Å²) in [5, 5.41) is 8.55. The Labute approximate surface area is 180 Å². The van der Waals surface area contributed by atoms with E-state index in [2.05, 4.69) is 26.0 Å². The molecule has 7 nitrogen and oxygen atoms in total. The molecule has 0 bridgehead atoms. The van der Waals surface area contributed by atoms with Crippen LogP contribution in [0.5, 0.6) is 0 Å². The summed E-state index contributed by atoms with van der Waals surface area (Å²) < 4.78 is 26.5. The number of aliphatic hydroxyl groups is 1. The number of ether oxygens (including phenoxy) is 5. The average Bonchev–Trinajstić information content (AvgIpc) is 2.73. The Morgan fingerprint density at radius 3 is 1.70 bits per heavy atom. The van der Waals surface area contributed by atoms with Crippen molar-refractivity contribution in [3.05, 3.63) is 35.4 Å². The maximum absolute atomic E-state index is 12.2. The van der Waals surface area contributed by atoms with Gasteiger partial charge in [0.2, 0.25) is 0 Å². The van der Waals surface area contributed by atoms with Gasteiger partial charge < -0.3 is 28.8 Å². The van der Waals surface area contributed by atoms with Crippen molar-refractivity contribution in [1.29, 1.82) is 0 Å². The van der Waals surface area contributed by atoms with Crippen molar-refractivity contribution < 1.29 is 33.6 Å². The molecule has 0 radical (unpaired) electrons. The third-order valence-corrected chi connectivity index (χ3v) is 4.30. The third kappa shape index (κ3) is 12.9. The first-order valence-electron chi connectivity index (χ1n) is 10.7. The van der Waals surface area contributed by atoms with Crippen LogP contribution >= 0.6 is 0 Å². The Bertz CT molecular complexity index is 545. The minimum Gasteiger partial charge on any atom is -0.463 e. The topological polar surface area (TPSA) is 83.5 Å². The van der Waals surface area contributed by atoms with Gasteiger partial charge in [-0.1, -0.05) is 38.1 Å². The van der Waals surface area contributed by atoms with E-state index in [-0.39, 0.29) is 25.1 Å². The summed E-state index contributed by atoms with van der Waals surface area (Å²) in [7, 11) is 0. The lowest BCUT2D eigenvalue weighted by Gasteiger charge is -2.13.